The van der Waals surface area contributed by atoms with Gasteiger partial charge in [0, 0.05) is 26.2 Å². The Labute approximate surface area is 315 Å². The fraction of sp³-hybridized carbons (Fsp3) is 0.364. The van der Waals surface area contributed by atoms with Gasteiger partial charge in [-0.2, -0.15) is 0 Å². The molecule has 3 aliphatic carbocycles. The molecule has 0 aliphatic heterocycles. The summed E-state index contributed by atoms with van der Waals surface area (Å²) in [6.45, 7) is 1.22. The van der Waals surface area contributed by atoms with Crippen molar-refractivity contribution >= 4 is 23.8 Å². The third-order valence-corrected chi connectivity index (χ3v) is 11.3. The standard InChI is InChI=1S/C44H46N2O8/c47-41(45(25-29-9-7-10-29)27-31-17-21-35(22-18-31)53-33-13-3-1-4-14-33)37-38(40(44(51)52)39(37)43(49)50)42(48)46(26-30-11-8-12-30)28-32-19-23-36(24-20-32)54-34-15-5-2-6-16-34/h1-6,13-24,29-30,37-40H,7-12,25-28H2,(H,49,50)(H,51,52)/t37-,38-,39-,40-/m1/s1. The van der Waals surface area contributed by atoms with Gasteiger partial charge in [0.15, 0.2) is 0 Å². The molecule has 4 aromatic carbocycles. The topological polar surface area (TPSA) is 134 Å². The number of nitrogens with zero attached hydrogens (tertiary/aromatic N) is 2. The molecule has 7 rings (SSSR count). The zero-order chi connectivity index (χ0) is 37.6. The molecular weight excluding hydrogens is 684 g/mol. The molecule has 4 aromatic rings. The predicted molar refractivity (Wildman–Crippen MR) is 201 cm³/mol. The predicted octanol–water partition coefficient (Wildman–Crippen LogP) is 7.88. The Balaban J connectivity index is 1.12. The quantitative estimate of drug-likeness (QED) is 0.119. The van der Waals surface area contributed by atoms with Crippen LogP contribution in [-0.2, 0) is 32.3 Å². The number of para-hydroxylation sites is 2. The SMILES string of the molecule is O=C(O)[C@H]1[C@H](C(=O)O)[C@H](C(=O)N(Cc2ccc(Oc3ccccc3)cc2)CC2CCC2)[C@H]1C(=O)N(Cc1ccc(Oc2ccccc2)cc1)CC1CCC1. The van der Waals surface area contributed by atoms with Crippen LogP contribution in [0.1, 0.15) is 49.7 Å². The fourth-order valence-corrected chi connectivity index (χ4v) is 7.85. The first-order valence-electron chi connectivity index (χ1n) is 18.9. The highest BCUT2D eigenvalue weighted by Gasteiger charge is 2.65. The van der Waals surface area contributed by atoms with Gasteiger partial charge in [-0.1, -0.05) is 73.5 Å². The van der Waals surface area contributed by atoms with Crippen molar-refractivity contribution in [2.24, 2.45) is 35.5 Å². The second kappa shape index (κ2) is 16.6. The number of ether oxygens (including phenoxy) is 2. The van der Waals surface area contributed by atoms with Crippen LogP contribution in [0.25, 0.3) is 0 Å². The molecule has 3 aliphatic rings. The average Bonchev–Trinajstić information content (AvgIpc) is 3.11. The van der Waals surface area contributed by atoms with Gasteiger partial charge >= 0.3 is 11.9 Å². The van der Waals surface area contributed by atoms with Gasteiger partial charge in [-0.15, -0.1) is 0 Å². The maximum absolute atomic E-state index is 14.6. The maximum Gasteiger partial charge on any atom is 0.308 e. The molecule has 10 nitrogen and oxygen atoms in total. The number of rotatable bonds is 16. The second-order valence-electron chi connectivity index (χ2n) is 14.9. The third-order valence-electron chi connectivity index (χ3n) is 11.3. The third kappa shape index (κ3) is 8.43. The van der Waals surface area contributed by atoms with Crippen LogP contribution in [0.2, 0.25) is 0 Å². The molecule has 2 amide bonds. The Hall–Kier alpha value is -5.64. The first kappa shape index (κ1) is 36.7. The Kier molecular flexibility index (Phi) is 11.3. The van der Waals surface area contributed by atoms with E-state index in [9.17, 15) is 29.4 Å². The molecule has 0 spiro atoms. The van der Waals surface area contributed by atoms with Crippen LogP contribution < -0.4 is 9.47 Å². The minimum Gasteiger partial charge on any atom is -0.481 e. The van der Waals surface area contributed by atoms with Crippen LogP contribution in [0.15, 0.2) is 109 Å². The van der Waals surface area contributed by atoms with E-state index in [4.69, 9.17) is 9.47 Å². The highest BCUT2D eigenvalue weighted by Crippen LogP contribution is 2.49. The monoisotopic (exact) mass is 730 g/mol. The zero-order valence-corrected chi connectivity index (χ0v) is 30.2. The normalized spacial score (nSPS) is 20.7. The molecule has 0 unspecified atom stereocenters. The van der Waals surface area contributed by atoms with E-state index >= 15 is 0 Å². The molecule has 3 fully saturated rings. The molecule has 54 heavy (non-hydrogen) atoms. The van der Waals surface area contributed by atoms with E-state index in [-0.39, 0.29) is 24.9 Å². The van der Waals surface area contributed by atoms with Gasteiger partial charge in [0.2, 0.25) is 11.8 Å². The van der Waals surface area contributed by atoms with Crippen molar-refractivity contribution < 1.29 is 38.9 Å². The Morgan fingerprint density at radius 2 is 0.815 bits per heavy atom. The zero-order valence-electron chi connectivity index (χ0n) is 30.2. The van der Waals surface area contributed by atoms with E-state index in [1.54, 1.807) is 9.80 Å². The van der Waals surface area contributed by atoms with Crippen LogP contribution in [0.3, 0.4) is 0 Å². The molecule has 10 heteroatoms. The smallest absolute Gasteiger partial charge is 0.308 e. The van der Waals surface area contributed by atoms with Crippen molar-refractivity contribution in [2.45, 2.75) is 51.6 Å². The van der Waals surface area contributed by atoms with Crippen LogP contribution >= 0.6 is 0 Å². The van der Waals surface area contributed by atoms with Crippen LogP contribution in [-0.4, -0.2) is 56.9 Å². The van der Waals surface area contributed by atoms with Crippen molar-refractivity contribution in [1.82, 2.24) is 9.80 Å². The molecule has 280 valence electrons. The summed E-state index contributed by atoms with van der Waals surface area (Å²) >= 11 is 0. The minimum atomic E-state index is -1.52. The van der Waals surface area contributed by atoms with Gasteiger partial charge in [-0.3, -0.25) is 19.2 Å². The summed E-state index contributed by atoms with van der Waals surface area (Å²) in [5, 5.41) is 20.7. The maximum atomic E-state index is 14.6. The van der Waals surface area contributed by atoms with Gasteiger partial charge in [0.05, 0.1) is 23.7 Å². The molecule has 2 N–H and O–H groups in total. The number of aliphatic carboxylic acids is 2. The minimum absolute atomic E-state index is 0.200. The summed E-state index contributed by atoms with van der Waals surface area (Å²) in [6, 6.07) is 33.6. The average molecular weight is 731 g/mol. The fourth-order valence-electron chi connectivity index (χ4n) is 7.85. The summed E-state index contributed by atoms with van der Waals surface area (Å²) in [5.41, 5.74) is 1.64. The summed E-state index contributed by atoms with van der Waals surface area (Å²) in [5.74, 6) is -6.21. The Bertz CT molecular complexity index is 1770. The number of hydrogen-bond donors (Lipinski definition) is 2. The number of carbonyl (C=O) groups is 4. The number of hydrogen-bond acceptors (Lipinski definition) is 6. The van der Waals surface area contributed by atoms with Crippen molar-refractivity contribution in [2.75, 3.05) is 13.1 Å². The van der Waals surface area contributed by atoms with E-state index in [0.29, 0.717) is 36.1 Å². The van der Waals surface area contributed by atoms with Crippen molar-refractivity contribution in [3.63, 3.8) is 0 Å². The highest BCUT2D eigenvalue weighted by molar-refractivity contribution is 5.99. The van der Waals surface area contributed by atoms with Crippen LogP contribution in [0, 0.1) is 35.5 Å². The summed E-state index contributed by atoms with van der Waals surface area (Å²) in [6.07, 6.45) is 5.90. The van der Waals surface area contributed by atoms with Gasteiger partial charge in [0.25, 0.3) is 0 Å². The lowest BCUT2D eigenvalue weighted by Gasteiger charge is -2.49. The Morgan fingerprint density at radius 3 is 1.11 bits per heavy atom. The highest BCUT2D eigenvalue weighted by atomic mass is 16.5. The van der Waals surface area contributed by atoms with Gasteiger partial charge in [-0.05, 0) is 97.2 Å². The molecule has 0 aromatic heterocycles. The molecule has 3 saturated carbocycles. The molecule has 0 heterocycles. The number of benzene rings is 4. The van der Waals surface area contributed by atoms with E-state index in [2.05, 4.69) is 0 Å². The van der Waals surface area contributed by atoms with Crippen LogP contribution in [0.5, 0.6) is 23.0 Å². The molecular formula is C44H46N2O8. The van der Waals surface area contributed by atoms with Gasteiger partial charge < -0.3 is 29.5 Å². The largest absolute Gasteiger partial charge is 0.481 e. The lowest BCUT2D eigenvalue weighted by Crippen LogP contribution is -2.64. The van der Waals surface area contributed by atoms with Crippen molar-refractivity contribution in [1.29, 1.82) is 0 Å². The number of carboxylic acids is 2. The summed E-state index contributed by atoms with van der Waals surface area (Å²) < 4.78 is 11.9. The van der Waals surface area contributed by atoms with Gasteiger partial charge in [-0.25, -0.2) is 0 Å². The lowest BCUT2D eigenvalue weighted by atomic mass is 9.55. The van der Waals surface area contributed by atoms with Crippen molar-refractivity contribution in [3.05, 3.63) is 120 Å². The number of carboxylic acid groups (broad SMARTS) is 2. The Morgan fingerprint density at radius 1 is 0.481 bits per heavy atom. The summed E-state index contributed by atoms with van der Waals surface area (Å²) in [7, 11) is 0. The van der Waals surface area contributed by atoms with Crippen LogP contribution in [0.4, 0.5) is 0 Å². The first-order chi connectivity index (χ1) is 26.2. The van der Waals surface area contributed by atoms with Gasteiger partial charge in [0.1, 0.15) is 23.0 Å². The van der Waals surface area contributed by atoms with E-state index in [1.165, 1.54) is 0 Å². The summed E-state index contributed by atoms with van der Waals surface area (Å²) in [4.78, 5) is 58.0. The molecule has 0 radical (unpaired) electrons. The van der Waals surface area contributed by atoms with Crippen molar-refractivity contribution in [3.8, 4) is 23.0 Å². The molecule has 4 atom stereocenters. The molecule has 0 saturated heterocycles. The van der Waals surface area contributed by atoms with E-state index in [1.807, 2.05) is 109 Å². The van der Waals surface area contributed by atoms with E-state index in [0.717, 1.165) is 49.7 Å². The van der Waals surface area contributed by atoms with E-state index < -0.39 is 47.4 Å². The first-order valence-corrected chi connectivity index (χ1v) is 18.9. The lowest BCUT2D eigenvalue weighted by molar-refractivity contribution is -0.188. The second-order valence-corrected chi connectivity index (χ2v) is 14.9. The molecule has 0 bridgehead atoms. The number of carbonyl (C=O) groups excluding carboxylic acids is 2. The number of amides is 2.